The van der Waals surface area contributed by atoms with Crippen molar-refractivity contribution < 1.29 is 41.5 Å². The molecule has 29 heavy (non-hydrogen) atoms. The van der Waals surface area contributed by atoms with Gasteiger partial charge in [-0.15, -0.1) is 0 Å². The third-order valence-corrected chi connectivity index (χ3v) is 4.92. The summed E-state index contributed by atoms with van der Waals surface area (Å²) in [7, 11) is -4.40. The van der Waals surface area contributed by atoms with Crippen molar-refractivity contribution >= 4 is 27.9 Å². The summed E-state index contributed by atoms with van der Waals surface area (Å²) in [6.07, 6.45) is -0.703. The first-order valence-corrected chi connectivity index (χ1v) is 9.86. The van der Waals surface area contributed by atoms with Gasteiger partial charge in [-0.3, -0.25) is 5.32 Å². The average molecular weight is 423 g/mol. The molecule has 2 N–H and O–H groups in total. The van der Waals surface area contributed by atoms with E-state index in [0.29, 0.717) is 0 Å². The van der Waals surface area contributed by atoms with Gasteiger partial charge in [-0.25, -0.2) is 9.59 Å². The number of carboxylic acids is 1. The minimum Gasteiger partial charge on any atom is -0.486 e. The second-order valence-corrected chi connectivity index (χ2v) is 7.26. The SMILES string of the molecule is CCOC(=O)Nc1cccc(OS(=O)(=O)c2cc3c(c(C(=O)O)c2)OCCO3)c1. The molecule has 0 spiro atoms. The van der Waals surface area contributed by atoms with Gasteiger partial charge in [0.1, 0.15) is 29.4 Å². The standard InChI is InChI=1S/C18H17NO9S/c1-2-25-18(22)19-11-4-3-5-12(8-11)28-29(23,24)13-9-14(17(20)21)16-15(10-13)26-6-7-27-16/h3-5,8-10H,2,6-7H2,1H3,(H,19,22)(H,20,21). The van der Waals surface area contributed by atoms with Crippen molar-refractivity contribution in [2.75, 3.05) is 25.1 Å². The van der Waals surface area contributed by atoms with E-state index in [1.165, 1.54) is 24.3 Å². The maximum Gasteiger partial charge on any atom is 0.411 e. The van der Waals surface area contributed by atoms with Gasteiger partial charge in [0.15, 0.2) is 11.5 Å². The van der Waals surface area contributed by atoms with Gasteiger partial charge in [-0.1, -0.05) is 6.07 Å². The molecule has 1 aliphatic heterocycles. The molecule has 1 heterocycles. The Morgan fingerprint density at radius 1 is 1.17 bits per heavy atom. The summed E-state index contributed by atoms with van der Waals surface area (Å²) < 4.78 is 45.8. The van der Waals surface area contributed by atoms with Gasteiger partial charge < -0.3 is 23.5 Å². The largest absolute Gasteiger partial charge is 0.486 e. The van der Waals surface area contributed by atoms with Crippen molar-refractivity contribution in [3.05, 3.63) is 42.0 Å². The van der Waals surface area contributed by atoms with Crippen LogP contribution in [0.4, 0.5) is 10.5 Å². The molecule has 0 unspecified atom stereocenters. The molecule has 2 aromatic carbocycles. The zero-order chi connectivity index (χ0) is 21.0. The first-order chi connectivity index (χ1) is 13.8. The van der Waals surface area contributed by atoms with E-state index in [-0.39, 0.29) is 48.3 Å². The van der Waals surface area contributed by atoms with Gasteiger partial charge in [-0.05, 0) is 25.1 Å². The first kappa shape index (κ1) is 20.3. The van der Waals surface area contributed by atoms with Crippen LogP contribution in [0.1, 0.15) is 17.3 Å². The Morgan fingerprint density at radius 2 is 1.93 bits per heavy atom. The number of ether oxygens (including phenoxy) is 3. The number of aromatic carboxylic acids is 1. The maximum atomic E-state index is 12.7. The Kier molecular flexibility index (Phi) is 5.78. The Hall–Kier alpha value is -3.47. The molecular formula is C18H17NO9S. The molecule has 1 amide bonds. The molecular weight excluding hydrogens is 406 g/mol. The summed E-state index contributed by atoms with van der Waals surface area (Å²) in [6.45, 7) is 2.12. The Labute approximate surface area is 166 Å². The van der Waals surface area contributed by atoms with E-state index in [1.54, 1.807) is 6.92 Å². The summed E-state index contributed by atoms with van der Waals surface area (Å²) in [5, 5.41) is 11.8. The molecule has 1 aliphatic rings. The van der Waals surface area contributed by atoms with Crippen LogP contribution in [0.25, 0.3) is 0 Å². The second-order valence-electron chi connectivity index (χ2n) is 5.71. The molecule has 0 radical (unpaired) electrons. The van der Waals surface area contributed by atoms with Crippen LogP contribution < -0.4 is 19.0 Å². The van der Waals surface area contributed by atoms with E-state index in [0.717, 1.165) is 12.1 Å². The Bertz CT molecular complexity index is 1050. The molecule has 0 aliphatic carbocycles. The quantitative estimate of drug-likeness (QED) is 0.671. The number of amides is 1. The number of benzene rings is 2. The first-order valence-electron chi connectivity index (χ1n) is 8.45. The third-order valence-electron chi connectivity index (χ3n) is 3.70. The molecule has 0 bridgehead atoms. The lowest BCUT2D eigenvalue weighted by atomic mass is 10.2. The van der Waals surface area contributed by atoms with Gasteiger partial charge >= 0.3 is 22.2 Å². The summed E-state index contributed by atoms with van der Waals surface area (Å²) in [5.74, 6) is -1.50. The number of rotatable bonds is 6. The van der Waals surface area contributed by atoms with Crippen LogP contribution >= 0.6 is 0 Å². The Morgan fingerprint density at radius 3 is 2.66 bits per heavy atom. The van der Waals surface area contributed by atoms with Crippen LogP contribution in [0.15, 0.2) is 41.3 Å². The topological polar surface area (TPSA) is 137 Å². The zero-order valence-electron chi connectivity index (χ0n) is 15.2. The number of nitrogens with one attached hydrogen (secondary N) is 1. The van der Waals surface area contributed by atoms with E-state index in [9.17, 15) is 23.1 Å². The molecule has 2 aromatic rings. The summed E-state index contributed by atoms with van der Waals surface area (Å²) in [6, 6.07) is 7.71. The molecule has 11 heteroatoms. The molecule has 10 nitrogen and oxygen atoms in total. The van der Waals surface area contributed by atoms with Crippen molar-refractivity contribution in [3.8, 4) is 17.2 Å². The van der Waals surface area contributed by atoms with Gasteiger partial charge in [0, 0.05) is 17.8 Å². The van der Waals surface area contributed by atoms with E-state index in [2.05, 4.69) is 5.32 Å². The summed E-state index contributed by atoms with van der Waals surface area (Å²) in [4.78, 5) is 22.6. The van der Waals surface area contributed by atoms with Gasteiger partial charge in [0.2, 0.25) is 0 Å². The number of carboxylic acid groups (broad SMARTS) is 1. The molecule has 3 rings (SSSR count). The van der Waals surface area contributed by atoms with Crippen LogP contribution in [0.2, 0.25) is 0 Å². The van der Waals surface area contributed by atoms with Crippen LogP contribution in [-0.4, -0.2) is 45.4 Å². The molecule has 0 fully saturated rings. The number of hydrogen-bond acceptors (Lipinski definition) is 8. The van der Waals surface area contributed by atoms with E-state index in [1.807, 2.05) is 0 Å². The van der Waals surface area contributed by atoms with Gasteiger partial charge in [-0.2, -0.15) is 8.42 Å². The van der Waals surface area contributed by atoms with Crippen molar-refractivity contribution in [1.29, 1.82) is 0 Å². The lowest BCUT2D eigenvalue weighted by Crippen LogP contribution is -2.19. The van der Waals surface area contributed by atoms with Crippen LogP contribution in [0, 0.1) is 0 Å². The second kappa shape index (κ2) is 8.27. The predicted octanol–water partition coefficient (Wildman–Crippen LogP) is 2.49. The molecule has 154 valence electrons. The predicted molar refractivity (Wildman–Crippen MR) is 99.3 cm³/mol. The zero-order valence-corrected chi connectivity index (χ0v) is 16.0. The van der Waals surface area contributed by atoms with Crippen molar-refractivity contribution in [3.63, 3.8) is 0 Å². The Balaban J connectivity index is 1.89. The normalized spacial score (nSPS) is 12.7. The average Bonchev–Trinajstić information content (AvgIpc) is 2.67. The molecule has 0 saturated heterocycles. The van der Waals surface area contributed by atoms with E-state index < -0.39 is 27.1 Å². The van der Waals surface area contributed by atoms with Crippen molar-refractivity contribution in [1.82, 2.24) is 0 Å². The number of carbonyl (C=O) groups is 2. The minimum absolute atomic E-state index is 0.00365. The van der Waals surface area contributed by atoms with E-state index in [4.69, 9.17) is 18.4 Å². The summed E-state index contributed by atoms with van der Waals surface area (Å²) in [5.41, 5.74) is -0.105. The minimum atomic E-state index is -4.40. The number of anilines is 1. The monoisotopic (exact) mass is 423 g/mol. The van der Waals surface area contributed by atoms with Crippen LogP contribution in [-0.2, 0) is 14.9 Å². The highest BCUT2D eigenvalue weighted by Gasteiger charge is 2.27. The smallest absolute Gasteiger partial charge is 0.411 e. The van der Waals surface area contributed by atoms with Gasteiger partial charge in [0.05, 0.1) is 6.61 Å². The van der Waals surface area contributed by atoms with Crippen LogP contribution in [0.3, 0.4) is 0 Å². The fourth-order valence-corrected chi connectivity index (χ4v) is 3.48. The molecule has 0 saturated carbocycles. The summed E-state index contributed by atoms with van der Waals surface area (Å²) >= 11 is 0. The highest BCUT2D eigenvalue weighted by atomic mass is 32.2. The fraction of sp³-hybridized carbons (Fsp3) is 0.222. The molecule has 0 aromatic heterocycles. The van der Waals surface area contributed by atoms with E-state index >= 15 is 0 Å². The number of hydrogen-bond donors (Lipinski definition) is 2. The third kappa shape index (κ3) is 4.69. The highest BCUT2D eigenvalue weighted by molar-refractivity contribution is 7.87. The van der Waals surface area contributed by atoms with Crippen molar-refractivity contribution in [2.45, 2.75) is 11.8 Å². The fourth-order valence-electron chi connectivity index (χ4n) is 2.52. The molecule has 0 atom stereocenters. The lowest BCUT2D eigenvalue weighted by Gasteiger charge is -2.20. The maximum absolute atomic E-state index is 12.7. The highest BCUT2D eigenvalue weighted by Crippen LogP contribution is 2.37. The number of carbonyl (C=O) groups excluding carboxylic acids is 1. The number of fused-ring (bicyclic) bond motifs is 1. The van der Waals surface area contributed by atoms with Crippen LogP contribution in [0.5, 0.6) is 17.2 Å². The van der Waals surface area contributed by atoms with Crippen molar-refractivity contribution in [2.24, 2.45) is 0 Å². The van der Waals surface area contributed by atoms with Gasteiger partial charge in [0.25, 0.3) is 0 Å². The lowest BCUT2D eigenvalue weighted by molar-refractivity contribution is 0.0685.